The van der Waals surface area contributed by atoms with Gasteiger partial charge in [0.05, 0.1) is 0 Å². The third-order valence-electron chi connectivity index (χ3n) is 1.37. The van der Waals surface area contributed by atoms with Gasteiger partial charge < -0.3 is 0 Å². The van der Waals surface area contributed by atoms with Gasteiger partial charge in [-0.25, -0.2) is 0 Å². The van der Waals surface area contributed by atoms with Gasteiger partial charge in [0, 0.05) is 0 Å². The number of halogens is 1. The summed E-state index contributed by atoms with van der Waals surface area (Å²) in [6.07, 6.45) is 4.34. The molecule has 0 aromatic carbocycles. The fourth-order valence-corrected chi connectivity index (χ4v) is 2.18. The number of hydrogen-bond acceptors (Lipinski definition) is 1. The molecule has 0 bridgehead atoms. The summed E-state index contributed by atoms with van der Waals surface area (Å²) < 4.78 is 3.49. The van der Waals surface area contributed by atoms with Gasteiger partial charge in [0.15, 0.2) is 0 Å². The van der Waals surface area contributed by atoms with Crippen molar-refractivity contribution >= 4 is 0 Å². The van der Waals surface area contributed by atoms with Gasteiger partial charge in [0.2, 0.25) is 0 Å². The molecule has 1 rings (SSSR count). The standard InChI is InChI=1S/C5H11IN/c1-6-7-5-3-2-4-5/h5,7H,2-4H2,1H3/q-1. The molecular formula is C5H11IN-. The summed E-state index contributed by atoms with van der Waals surface area (Å²) in [5.41, 5.74) is 0. The molecule has 2 heteroatoms. The van der Waals surface area contributed by atoms with Crippen LogP contribution in [0, 0.1) is 0 Å². The second-order valence-electron chi connectivity index (χ2n) is 1.93. The molecule has 0 saturated heterocycles. The molecule has 0 radical (unpaired) electrons. The first-order chi connectivity index (χ1) is 3.43. The minimum atomic E-state index is 0.362. The Hall–Kier alpha value is 0.690. The number of hydrogen-bond donors (Lipinski definition) is 1. The molecule has 1 nitrogen and oxygen atoms in total. The molecule has 0 aromatic rings. The van der Waals surface area contributed by atoms with Gasteiger partial charge in [-0.05, 0) is 0 Å². The van der Waals surface area contributed by atoms with Gasteiger partial charge in [0.25, 0.3) is 0 Å². The van der Waals surface area contributed by atoms with E-state index in [2.05, 4.69) is 8.46 Å². The normalized spacial score (nSPS) is 22.4. The van der Waals surface area contributed by atoms with Gasteiger partial charge in [-0.3, -0.25) is 0 Å². The Morgan fingerprint density at radius 2 is 2.29 bits per heavy atom. The van der Waals surface area contributed by atoms with Crippen LogP contribution in [-0.2, 0) is 0 Å². The van der Waals surface area contributed by atoms with Crippen molar-refractivity contribution in [3.63, 3.8) is 0 Å². The van der Waals surface area contributed by atoms with E-state index in [1.165, 1.54) is 19.3 Å². The summed E-state index contributed by atoms with van der Waals surface area (Å²) >= 11 is 0.362. The summed E-state index contributed by atoms with van der Waals surface area (Å²) in [5.74, 6) is 0. The van der Waals surface area contributed by atoms with Crippen molar-refractivity contribution in [1.82, 2.24) is 3.53 Å². The maximum atomic E-state index is 3.49. The molecular weight excluding hydrogens is 201 g/mol. The zero-order valence-electron chi connectivity index (χ0n) is 4.58. The Bertz CT molecular complexity index is 52.0. The van der Waals surface area contributed by atoms with Crippen molar-refractivity contribution in [2.24, 2.45) is 0 Å². The minimum absolute atomic E-state index is 0.362. The third-order valence-corrected chi connectivity index (χ3v) is 2.87. The second kappa shape index (κ2) is 2.87. The van der Waals surface area contributed by atoms with E-state index >= 15 is 0 Å². The van der Waals surface area contributed by atoms with E-state index in [0.29, 0.717) is 21.5 Å². The van der Waals surface area contributed by atoms with Crippen molar-refractivity contribution < 1.29 is 21.5 Å². The van der Waals surface area contributed by atoms with Crippen LogP contribution >= 0.6 is 0 Å². The monoisotopic (exact) mass is 212 g/mol. The van der Waals surface area contributed by atoms with E-state index in [1.54, 1.807) is 0 Å². The molecule has 0 amide bonds. The van der Waals surface area contributed by atoms with Gasteiger partial charge in [0.1, 0.15) is 0 Å². The zero-order valence-corrected chi connectivity index (χ0v) is 6.73. The first-order valence-corrected chi connectivity index (χ1v) is 5.91. The summed E-state index contributed by atoms with van der Waals surface area (Å²) in [6.45, 7) is 0. The Morgan fingerprint density at radius 1 is 1.57 bits per heavy atom. The average Bonchev–Trinajstić information content (AvgIpc) is 1.55. The van der Waals surface area contributed by atoms with E-state index in [1.807, 2.05) is 0 Å². The zero-order chi connectivity index (χ0) is 5.11. The summed E-state index contributed by atoms with van der Waals surface area (Å²) in [6, 6.07) is 0.929. The van der Waals surface area contributed by atoms with Crippen LogP contribution in [0.5, 0.6) is 0 Å². The molecule has 44 valence electrons. The first kappa shape index (κ1) is 5.82. The molecule has 1 aliphatic rings. The molecule has 0 unspecified atom stereocenters. The summed E-state index contributed by atoms with van der Waals surface area (Å²) in [7, 11) is 0. The van der Waals surface area contributed by atoms with E-state index in [0.717, 1.165) is 6.04 Å². The van der Waals surface area contributed by atoms with E-state index in [9.17, 15) is 0 Å². The topological polar surface area (TPSA) is 12.0 Å². The number of alkyl halides is 1. The van der Waals surface area contributed by atoms with Crippen LogP contribution in [-0.4, -0.2) is 11.0 Å². The Labute approximate surface area is 55.5 Å². The van der Waals surface area contributed by atoms with Crippen LogP contribution < -0.4 is 25.0 Å². The van der Waals surface area contributed by atoms with Crippen molar-refractivity contribution in [1.29, 1.82) is 0 Å². The second-order valence-corrected chi connectivity index (χ2v) is 3.63. The van der Waals surface area contributed by atoms with Crippen LogP contribution in [0.3, 0.4) is 0 Å². The van der Waals surface area contributed by atoms with Gasteiger partial charge >= 0.3 is 55.2 Å². The average molecular weight is 212 g/mol. The number of rotatable bonds is 2. The van der Waals surface area contributed by atoms with Gasteiger partial charge in [-0.15, -0.1) is 0 Å². The fraction of sp³-hybridized carbons (Fsp3) is 1.00. The molecule has 0 aliphatic heterocycles. The van der Waals surface area contributed by atoms with Crippen LogP contribution in [0.25, 0.3) is 0 Å². The predicted molar refractivity (Wildman–Crippen MR) is 26.7 cm³/mol. The summed E-state index contributed by atoms with van der Waals surface area (Å²) in [4.78, 5) is 2.28. The van der Waals surface area contributed by atoms with Crippen LogP contribution in [0.15, 0.2) is 0 Å². The predicted octanol–water partition coefficient (Wildman–Crippen LogP) is -2.24. The maximum absolute atomic E-state index is 3.49. The quantitative estimate of drug-likeness (QED) is 0.310. The Kier molecular flexibility index (Phi) is 2.38. The SMILES string of the molecule is C[I-]NC1CCC1. The van der Waals surface area contributed by atoms with E-state index in [4.69, 9.17) is 0 Å². The molecule has 0 atom stereocenters. The summed E-state index contributed by atoms with van der Waals surface area (Å²) in [5, 5.41) is 0. The van der Waals surface area contributed by atoms with Crippen molar-refractivity contribution in [2.45, 2.75) is 25.3 Å². The Balaban J connectivity index is 1.93. The Morgan fingerprint density at radius 3 is 2.43 bits per heavy atom. The van der Waals surface area contributed by atoms with Crippen molar-refractivity contribution in [2.75, 3.05) is 4.93 Å². The van der Waals surface area contributed by atoms with Crippen LogP contribution in [0.4, 0.5) is 0 Å². The number of nitrogens with one attached hydrogen (secondary N) is 1. The van der Waals surface area contributed by atoms with E-state index in [-0.39, 0.29) is 0 Å². The molecule has 1 fully saturated rings. The van der Waals surface area contributed by atoms with Gasteiger partial charge in [-0.1, -0.05) is 0 Å². The third kappa shape index (κ3) is 1.57. The molecule has 1 aliphatic carbocycles. The first-order valence-electron chi connectivity index (χ1n) is 2.67. The fourth-order valence-electron chi connectivity index (χ4n) is 0.672. The van der Waals surface area contributed by atoms with E-state index < -0.39 is 0 Å². The van der Waals surface area contributed by atoms with Crippen LogP contribution in [0.1, 0.15) is 19.3 Å². The molecule has 1 N–H and O–H groups in total. The van der Waals surface area contributed by atoms with Gasteiger partial charge in [-0.2, -0.15) is 0 Å². The molecule has 0 heterocycles. The molecule has 1 saturated carbocycles. The van der Waals surface area contributed by atoms with Crippen molar-refractivity contribution in [3.8, 4) is 0 Å². The van der Waals surface area contributed by atoms with Crippen LogP contribution in [0.2, 0.25) is 0 Å². The molecule has 0 spiro atoms. The molecule has 7 heavy (non-hydrogen) atoms. The van der Waals surface area contributed by atoms with Crippen molar-refractivity contribution in [3.05, 3.63) is 0 Å². The molecule has 0 aromatic heterocycles.